The summed E-state index contributed by atoms with van der Waals surface area (Å²) in [5.41, 5.74) is 21.4. The summed E-state index contributed by atoms with van der Waals surface area (Å²) in [6, 6.07) is 7.61. The van der Waals surface area contributed by atoms with E-state index in [-0.39, 0.29) is 24.0 Å². The third-order valence-electron chi connectivity index (χ3n) is 8.58. The molecule has 10 nitrogen and oxygen atoms in total. The first-order valence-electron chi connectivity index (χ1n) is 14.1. The van der Waals surface area contributed by atoms with Crippen LogP contribution in [0.25, 0.3) is 10.1 Å². The van der Waals surface area contributed by atoms with Crippen molar-refractivity contribution in [2.75, 3.05) is 32.0 Å². The van der Waals surface area contributed by atoms with Gasteiger partial charge in [-0.05, 0) is 60.7 Å². The van der Waals surface area contributed by atoms with Crippen LogP contribution in [0.3, 0.4) is 0 Å². The molecule has 11 heteroatoms. The highest BCUT2D eigenvalue weighted by Crippen LogP contribution is 2.50. The molecule has 2 unspecified atom stereocenters. The van der Waals surface area contributed by atoms with Crippen molar-refractivity contribution in [2.24, 2.45) is 11.5 Å². The maximum absolute atomic E-state index is 14.2. The van der Waals surface area contributed by atoms with Crippen molar-refractivity contribution in [3.63, 3.8) is 0 Å². The molecule has 1 aromatic heterocycles. The van der Waals surface area contributed by atoms with Crippen molar-refractivity contribution in [1.29, 1.82) is 0 Å². The van der Waals surface area contributed by atoms with E-state index in [1.54, 1.807) is 17.0 Å². The van der Waals surface area contributed by atoms with E-state index >= 15 is 0 Å². The lowest BCUT2D eigenvalue weighted by atomic mass is 9.69. The highest BCUT2D eigenvalue weighted by Gasteiger charge is 2.49. The molecule has 7 N–H and O–H groups in total. The first kappa shape index (κ1) is 28.4. The molecule has 0 saturated carbocycles. The number of benzene rings is 2. The minimum absolute atomic E-state index is 0.0133. The zero-order valence-electron chi connectivity index (χ0n) is 23.5. The quantitative estimate of drug-likeness (QED) is 0.252. The van der Waals surface area contributed by atoms with Gasteiger partial charge in [0.2, 0.25) is 5.91 Å². The van der Waals surface area contributed by atoms with Crippen LogP contribution in [0.15, 0.2) is 43.0 Å². The van der Waals surface area contributed by atoms with Crippen LogP contribution in [0.4, 0.5) is 5.69 Å². The summed E-state index contributed by atoms with van der Waals surface area (Å²) in [7, 11) is 0. The number of carbonyl (C=O) groups excluding carboxylic acids is 3. The molecule has 3 heterocycles. The van der Waals surface area contributed by atoms with Crippen LogP contribution in [0.1, 0.15) is 57.2 Å². The van der Waals surface area contributed by atoms with Crippen LogP contribution in [0.2, 0.25) is 0 Å². The van der Waals surface area contributed by atoms with Crippen molar-refractivity contribution in [2.45, 2.75) is 49.9 Å². The summed E-state index contributed by atoms with van der Waals surface area (Å²) in [4.78, 5) is 42.0. The molecule has 0 radical (unpaired) electrons. The molecular weight excluding hydrogens is 554 g/mol. The molecule has 1 aliphatic carbocycles. The lowest BCUT2D eigenvalue weighted by Gasteiger charge is -2.37. The van der Waals surface area contributed by atoms with E-state index in [1.807, 2.05) is 25.1 Å². The fraction of sp³-hybridized carbons (Fsp3) is 0.387. The SMILES string of the molecule is C=CC(=O)N1CCC[C@@H](NC(=O)c2sc3c(N)ccc4c3c2C(N)C(=O)C4(N)c2ccc(O[C@H]3CCOC3)cc2C)C1. The lowest BCUT2D eigenvalue weighted by Crippen LogP contribution is -2.53. The number of anilines is 1. The lowest BCUT2D eigenvalue weighted by molar-refractivity contribution is -0.127. The number of nitrogen functional groups attached to an aromatic ring is 1. The van der Waals surface area contributed by atoms with Crippen molar-refractivity contribution >= 4 is 44.7 Å². The summed E-state index contributed by atoms with van der Waals surface area (Å²) in [6.07, 6.45) is 3.57. The summed E-state index contributed by atoms with van der Waals surface area (Å²) in [5, 5.41) is 3.70. The average Bonchev–Trinajstić information content (AvgIpc) is 3.64. The third-order valence-corrected chi connectivity index (χ3v) is 9.83. The molecule has 42 heavy (non-hydrogen) atoms. The molecular formula is C31H35N5O5S. The number of hydrogen-bond acceptors (Lipinski definition) is 9. The van der Waals surface area contributed by atoms with Crippen molar-refractivity contribution in [1.82, 2.24) is 10.2 Å². The van der Waals surface area contributed by atoms with Crippen LogP contribution in [0, 0.1) is 6.92 Å². The molecule has 2 saturated heterocycles. The molecule has 2 aromatic carbocycles. The molecule has 3 aliphatic rings. The number of piperidine rings is 1. The van der Waals surface area contributed by atoms with Gasteiger partial charge in [-0.25, -0.2) is 0 Å². The second-order valence-corrected chi connectivity index (χ2v) is 12.3. The van der Waals surface area contributed by atoms with Gasteiger partial charge in [-0.1, -0.05) is 18.7 Å². The van der Waals surface area contributed by atoms with Crippen molar-refractivity contribution < 1.29 is 23.9 Å². The van der Waals surface area contributed by atoms with Crippen molar-refractivity contribution in [3.8, 4) is 5.75 Å². The Morgan fingerprint density at radius 3 is 2.74 bits per heavy atom. The summed E-state index contributed by atoms with van der Waals surface area (Å²) >= 11 is 1.21. The van der Waals surface area contributed by atoms with Gasteiger partial charge in [0.05, 0.1) is 28.8 Å². The van der Waals surface area contributed by atoms with Gasteiger partial charge in [0.1, 0.15) is 17.4 Å². The van der Waals surface area contributed by atoms with Gasteiger partial charge in [0, 0.05) is 42.2 Å². The fourth-order valence-corrected chi connectivity index (χ4v) is 7.66. The Balaban J connectivity index is 1.38. The minimum Gasteiger partial charge on any atom is -0.488 e. The van der Waals surface area contributed by atoms with Crippen molar-refractivity contribution in [3.05, 3.63) is 70.1 Å². The molecule has 4 atom stereocenters. The number of aryl methyl sites for hydroxylation is 1. The Bertz CT molecular complexity index is 1610. The number of ketones is 1. The van der Waals surface area contributed by atoms with Crippen LogP contribution < -0.4 is 27.3 Å². The second kappa shape index (κ2) is 10.8. The van der Waals surface area contributed by atoms with E-state index in [0.29, 0.717) is 69.4 Å². The predicted molar refractivity (Wildman–Crippen MR) is 161 cm³/mol. The molecule has 2 amide bonds. The number of likely N-dealkylation sites (tertiary alicyclic amines) is 1. The first-order chi connectivity index (χ1) is 20.1. The van der Waals surface area contributed by atoms with Crippen LogP contribution in [-0.2, 0) is 19.9 Å². The van der Waals surface area contributed by atoms with E-state index in [9.17, 15) is 14.4 Å². The van der Waals surface area contributed by atoms with Gasteiger partial charge in [-0.3, -0.25) is 14.4 Å². The Labute approximate surface area is 247 Å². The molecule has 2 aliphatic heterocycles. The van der Waals surface area contributed by atoms with Crippen LogP contribution in [0.5, 0.6) is 5.75 Å². The highest BCUT2D eigenvalue weighted by atomic mass is 32.1. The van der Waals surface area contributed by atoms with E-state index in [2.05, 4.69) is 11.9 Å². The topological polar surface area (TPSA) is 163 Å². The van der Waals surface area contributed by atoms with Gasteiger partial charge in [0.15, 0.2) is 5.78 Å². The Morgan fingerprint density at radius 1 is 1.24 bits per heavy atom. The monoisotopic (exact) mass is 589 g/mol. The first-order valence-corrected chi connectivity index (χ1v) is 15.0. The van der Waals surface area contributed by atoms with Crippen LogP contribution in [-0.4, -0.2) is 60.9 Å². The number of nitrogens with one attached hydrogen (secondary N) is 1. The van der Waals surface area contributed by atoms with E-state index < -0.39 is 17.4 Å². The number of Topliss-reactive ketones (excluding diaryl/α,β-unsaturated/α-hetero) is 1. The number of nitrogens with two attached hydrogens (primary N) is 3. The van der Waals surface area contributed by atoms with Gasteiger partial charge < -0.3 is 36.9 Å². The second-order valence-electron chi connectivity index (χ2n) is 11.3. The predicted octanol–water partition coefficient (Wildman–Crippen LogP) is 2.65. The summed E-state index contributed by atoms with van der Waals surface area (Å²) < 4.78 is 12.1. The normalized spacial score (nSPS) is 25.5. The average molecular weight is 590 g/mol. The van der Waals surface area contributed by atoms with Gasteiger partial charge in [-0.15, -0.1) is 11.3 Å². The Morgan fingerprint density at radius 2 is 2.02 bits per heavy atom. The van der Waals surface area contributed by atoms with E-state index in [4.69, 9.17) is 26.7 Å². The number of ether oxygens (including phenoxy) is 2. The number of hydrogen-bond donors (Lipinski definition) is 4. The molecule has 0 bridgehead atoms. The maximum atomic E-state index is 14.2. The van der Waals surface area contributed by atoms with E-state index in [1.165, 1.54) is 17.4 Å². The molecule has 220 valence electrons. The number of thiophene rings is 1. The Kier molecular flexibility index (Phi) is 7.30. The zero-order chi connectivity index (χ0) is 29.8. The fourth-order valence-electron chi connectivity index (χ4n) is 6.45. The number of amides is 2. The molecule has 6 rings (SSSR count). The molecule has 0 spiro atoms. The Hall–Kier alpha value is -3.77. The van der Waals surface area contributed by atoms with Crippen LogP contribution >= 0.6 is 11.3 Å². The van der Waals surface area contributed by atoms with E-state index in [0.717, 1.165) is 24.8 Å². The number of rotatable bonds is 6. The third kappa shape index (κ3) is 4.57. The number of nitrogens with zero attached hydrogens (tertiary/aromatic N) is 1. The maximum Gasteiger partial charge on any atom is 0.262 e. The molecule has 3 aromatic rings. The largest absolute Gasteiger partial charge is 0.488 e. The highest BCUT2D eigenvalue weighted by molar-refractivity contribution is 7.21. The van der Waals surface area contributed by atoms with Gasteiger partial charge in [-0.2, -0.15) is 0 Å². The minimum atomic E-state index is -1.55. The molecule has 2 fully saturated rings. The van der Waals surface area contributed by atoms with Gasteiger partial charge in [0.25, 0.3) is 5.91 Å². The summed E-state index contributed by atoms with van der Waals surface area (Å²) in [6.45, 7) is 7.67. The standard InChI is InChI=1S/C31H35N5O5S/c1-3-23(37)36-11-4-5-17(14-36)35-30(39)28-25-24-21(8-9-22(32)27(24)42-28)31(34,29(38)26(25)33)20-7-6-18(13-16(20)2)41-19-10-12-40-15-19/h3,6-9,13,17,19,26H,1,4-5,10-12,14-15,32-34H2,2H3,(H,35,39)/t17-,19+,26?,31?/m1/s1. The summed E-state index contributed by atoms with van der Waals surface area (Å²) in [5.74, 6) is -0.250. The van der Waals surface area contributed by atoms with Gasteiger partial charge >= 0.3 is 0 Å². The smallest absolute Gasteiger partial charge is 0.262 e. The number of carbonyl (C=O) groups is 3. The zero-order valence-corrected chi connectivity index (χ0v) is 24.3.